The van der Waals surface area contributed by atoms with Crippen LogP contribution in [-0.4, -0.2) is 18.3 Å². The van der Waals surface area contributed by atoms with Crippen molar-refractivity contribution in [3.05, 3.63) is 0 Å². The fraction of sp³-hybridized carbons (Fsp3) is 1.00. The normalized spacial score (nSPS) is 33.9. The average Bonchev–Trinajstić information content (AvgIpc) is 2.23. The first-order chi connectivity index (χ1) is 9.47. The molecule has 2 rings (SSSR count). The van der Waals surface area contributed by atoms with E-state index in [2.05, 4.69) is 33.0 Å². The fourth-order valence-corrected chi connectivity index (χ4v) is 4.88. The predicted molar refractivity (Wildman–Crippen MR) is 80.1 cm³/mol. The third-order valence-electron chi connectivity index (χ3n) is 5.22. The van der Waals surface area contributed by atoms with Gasteiger partial charge in [0.1, 0.15) is 0 Å². The van der Waals surface area contributed by atoms with Gasteiger partial charge in [0.15, 0.2) is 0 Å². The fourth-order valence-electron chi connectivity index (χ4n) is 4.88. The smallest absolute Gasteiger partial charge is 0.311 e. The van der Waals surface area contributed by atoms with Gasteiger partial charge in [0, 0.05) is 12.1 Å². The minimum atomic E-state index is -4.00. The Morgan fingerprint density at radius 3 is 1.71 bits per heavy atom. The lowest BCUT2D eigenvalue weighted by Crippen LogP contribution is -2.48. The third kappa shape index (κ3) is 4.87. The number of halogens is 3. The summed E-state index contributed by atoms with van der Waals surface area (Å²) in [5.74, 6) is -1.07. The van der Waals surface area contributed by atoms with Crippen LogP contribution in [0.3, 0.4) is 0 Å². The van der Waals surface area contributed by atoms with Gasteiger partial charge in [-0.2, -0.15) is 13.2 Å². The molecule has 0 saturated heterocycles. The van der Waals surface area contributed by atoms with E-state index in [1.807, 2.05) is 0 Å². The van der Waals surface area contributed by atoms with Gasteiger partial charge >= 0.3 is 6.18 Å². The van der Waals surface area contributed by atoms with Crippen molar-refractivity contribution >= 4 is 0 Å². The minimum absolute atomic E-state index is 0.276. The Balaban J connectivity index is 1.86. The lowest BCUT2D eigenvalue weighted by molar-refractivity contribution is -0.182. The van der Waals surface area contributed by atoms with E-state index in [0.29, 0.717) is 42.6 Å². The highest BCUT2D eigenvalue weighted by Crippen LogP contribution is 2.46. The molecule has 0 heterocycles. The van der Waals surface area contributed by atoms with Crippen LogP contribution >= 0.6 is 0 Å². The summed E-state index contributed by atoms with van der Waals surface area (Å²) in [4.78, 5) is 0. The molecule has 2 saturated carbocycles. The molecule has 2 fully saturated rings. The van der Waals surface area contributed by atoms with Crippen LogP contribution in [0.1, 0.15) is 72.6 Å². The highest BCUT2D eigenvalue weighted by molar-refractivity contribution is 4.94. The van der Waals surface area contributed by atoms with Gasteiger partial charge in [0.05, 0.1) is 5.92 Å². The summed E-state index contributed by atoms with van der Waals surface area (Å²) in [5, 5.41) is 3.67. The van der Waals surface area contributed by atoms with Crippen LogP contribution in [0, 0.1) is 16.7 Å². The largest absolute Gasteiger partial charge is 0.391 e. The second-order valence-corrected chi connectivity index (χ2v) is 8.87. The Hall–Kier alpha value is -0.250. The van der Waals surface area contributed by atoms with E-state index in [1.54, 1.807) is 0 Å². The molecule has 0 amide bonds. The highest BCUT2D eigenvalue weighted by Gasteiger charge is 2.43. The van der Waals surface area contributed by atoms with E-state index in [9.17, 15) is 13.2 Å². The van der Waals surface area contributed by atoms with Gasteiger partial charge in [0.25, 0.3) is 0 Å². The first kappa shape index (κ1) is 17.1. The zero-order chi connectivity index (χ0) is 15.9. The maximum absolute atomic E-state index is 12.7. The van der Waals surface area contributed by atoms with E-state index in [0.717, 1.165) is 12.8 Å². The van der Waals surface area contributed by atoms with Crippen molar-refractivity contribution in [1.82, 2.24) is 5.32 Å². The Morgan fingerprint density at radius 2 is 1.29 bits per heavy atom. The van der Waals surface area contributed by atoms with E-state index in [1.165, 1.54) is 6.42 Å². The first-order valence-corrected chi connectivity index (χ1v) is 8.30. The molecule has 0 bridgehead atoms. The zero-order valence-electron chi connectivity index (χ0n) is 13.8. The zero-order valence-corrected chi connectivity index (χ0v) is 13.8. The second kappa shape index (κ2) is 5.75. The van der Waals surface area contributed by atoms with Gasteiger partial charge in [-0.25, -0.2) is 0 Å². The molecule has 2 aliphatic carbocycles. The quantitative estimate of drug-likeness (QED) is 0.729. The number of hydrogen-bond donors (Lipinski definition) is 1. The molecule has 124 valence electrons. The average molecular weight is 305 g/mol. The molecular weight excluding hydrogens is 275 g/mol. The second-order valence-electron chi connectivity index (χ2n) is 8.87. The summed E-state index contributed by atoms with van der Waals surface area (Å²) in [6.45, 7) is 9.23. The topological polar surface area (TPSA) is 12.0 Å². The van der Waals surface area contributed by atoms with Crippen molar-refractivity contribution in [3.63, 3.8) is 0 Å². The summed E-state index contributed by atoms with van der Waals surface area (Å²) in [6.07, 6.45) is 1.41. The molecule has 0 atom stereocenters. The summed E-state index contributed by atoms with van der Waals surface area (Å²) >= 11 is 0. The van der Waals surface area contributed by atoms with Gasteiger partial charge < -0.3 is 5.32 Å². The minimum Gasteiger partial charge on any atom is -0.311 e. The van der Waals surface area contributed by atoms with Crippen LogP contribution in [0.5, 0.6) is 0 Å². The van der Waals surface area contributed by atoms with Gasteiger partial charge in [-0.05, 0) is 55.8 Å². The molecule has 4 heteroatoms. The molecule has 1 N–H and O–H groups in total. The van der Waals surface area contributed by atoms with Crippen molar-refractivity contribution in [2.24, 2.45) is 16.7 Å². The maximum Gasteiger partial charge on any atom is 0.391 e. The number of nitrogens with one attached hydrogen (secondary N) is 1. The summed E-state index contributed by atoms with van der Waals surface area (Å²) in [6, 6.07) is 0.731. The number of rotatable bonds is 2. The first-order valence-electron chi connectivity index (χ1n) is 8.30. The Labute approximate surface area is 127 Å². The molecule has 1 nitrogen and oxygen atoms in total. The molecule has 0 aliphatic heterocycles. The lowest BCUT2D eigenvalue weighted by Gasteiger charge is -2.46. The van der Waals surface area contributed by atoms with Crippen molar-refractivity contribution in [2.75, 3.05) is 0 Å². The van der Waals surface area contributed by atoms with Crippen LogP contribution in [0.15, 0.2) is 0 Å². The van der Waals surface area contributed by atoms with Gasteiger partial charge in [-0.15, -0.1) is 0 Å². The van der Waals surface area contributed by atoms with Crippen LogP contribution in [0.2, 0.25) is 0 Å². The third-order valence-corrected chi connectivity index (χ3v) is 5.22. The molecule has 0 spiro atoms. The van der Waals surface area contributed by atoms with Gasteiger partial charge in [-0.3, -0.25) is 0 Å². The molecule has 0 aromatic carbocycles. The van der Waals surface area contributed by atoms with Crippen LogP contribution in [0.4, 0.5) is 13.2 Å². The highest BCUT2D eigenvalue weighted by atomic mass is 19.4. The van der Waals surface area contributed by atoms with Gasteiger partial charge in [-0.1, -0.05) is 27.7 Å². The molecule has 0 unspecified atom stereocenters. The predicted octanol–water partition coefficient (Wildman–Crippen LogP) is 5.30. The van der Waals surface area contributed by atoms with Crippen LogP contribution < -0.4 is 5.32 Å². The SMILES string of the molecule is CC1(C)CC(NC2CCC(C(F)(F)F)CC2)CC(C)(C)C1. The number of alkyl halides is 3. The van der Waals surface area contributed by atoms with E-state index < -0.39 is 12.1 Å². The van der Waals surface area contributed by atoms with Crippen molar-refractivity contribution in [1.29, 1.82) is 0 Å². The Kier molecular flexibility index (Phi) is 4.68. The monoisotopic (exact) mass is 305 g/mol. The van der Waals surface area contributed by atoms with Crippen LogP contribution in [-0.2, 0) is 0 Å². The Morgan fingerprint density at radius 1 is 0.810 bits per heavy atom. The molecular formula is C17H30F3N. The van der Waals surface area contributed by atoms with Crippen molar-refractivity contribution in [3.8, 4) is 0 Å². The van der Waals surface area contributed by atoms with Gasteiger partial charge in [0.2, 0.25) is 0 Å². The Bertz CT molecular complexity index is 336. The summed E-state index contributed by atoms with van der Waals surface area (Å²) in [5.41, 5.74) is 0.644. The van der Waals surface area contributed by atoms with E-state index >= 15 is 0 Å². The van der Waals surface area contributed by atoms with Crippen LogP contribution in [0.25, 0.3) is 0 Å². The molecule has 21 heavy (non-hydrogen) atoms. The maximum atomic E-state index is 12.7. The summed E-state index contributed by atoms with van der Waals surface area (Å²) < 4.78 is 38.1. The van der Waals surface area contributed by atoms with E-state index in [-0.39, 0.29) is 6.04 Å². The standard InChI is InChI=1S/C17H30F3N/c1-15(2)9-14(10-16(3,4)11-15)21-13-7-5-12(6-8-13)17(18,19)20/h12-14,21H,5-11H2,1-4H3. The summed E-state index contributed by atoms with van der Waals surface area (Å²) in [7, 11) is 0. The number of hydrogen-bond acceptors (Lipinski definition) is 1. The van der Waals surface area contributed by atoms with Crippen molar-refractivity contribution < 1.29 is 13.2 Å². The molecule has 2 aliphatic rings. The lowest BCUT2D eigenvalue weighted by atomic mass is 9.63. The molecule has 0 aromatic heterocycles. The molecule has 0 radical (unpaired) electrons. The van der Waals surface area contributed by atoms with Crippen molar-refractivity contribution in [2.45, 2.75) is 90.9 Å². The van der Waals surface area contributed by atoms with E-state index in [4.69, 9.17) is 0 Å². The molecule has 0 aromatic rings.